The van der Waals surface area contributed by atoms with Crippen LogP contribution in [-0.4, -0.2) is 32.9 Å². The number of aryl methyl sites for hydroxylation is 1. The Hall–Kier alpha value is -3.80. The van der Waals surface area contributed by atoms with E-state index in [0.29, 0.717) is 5.92 Å². The van der Waals surface area contributed by atoms with Crippen molar-refractivity contribution >= 4 is 10.9 Å². The quantitative estimate of drug-likeness (QED) is 0.300. The Labute approximate surface area is 222 Å². The molecule has 0 spiro atoms. The summed E-state index contributed by atoms with van der Waals surface area (Å²) in [7, 11) is 0. The second-order valence-corrected chi connectivity index (χ2v) is 10.9. The first kappa shape index (κ1) is 23.3. The molecule has 38 heavy (non-hydrogen) atoms. The Morgan fingerprint density at radius 1 is 0.974 bits per heavy atom. The molecule has 4 atom stereocenters. The summed E-state index contributed by atoms with van der Waals surface area (Å²) in [5.74, 6) is 0.289. The number of likely N-dealkylation sites (tertiary alicyclic amines) is 1. The van der Waals surface area contributed by atoms with Crippen LogP contribution in [0.2, 0.25) is 0 Å². The third kappa shape index (κ3) is 3.69. The standard InChI is InChI=1S/C33H30FN3O/c1-22-16-30-25(18-35-37(30)27-14-12-26(34)13-15-27)17-28(22)33-21-36(19-23-8-4-2-5-9-23)20-29(33)31(33)32(38)24-10-6-3-7-11-24/h2-18,29,31-32,38H,19-21H2,1H3. The lowest BCUT2D eigenvalue weighted by Crippen LogP contribution is -2.31. The minimum Gasteiger partial charge on any atom is -0.388 e. The van der Waals surface area contributed by atoms with Crippen molar-refractivity contribution in [3.63, 3.8) is 0 Å². The summed E-state index contributed by atoms with van der Waals surface area (Å²) in [5, 5.41) is 17.3. The summed E-state index contributed by atoms with van der Waals surface area (Å²) >= 11 is 0. The van der Waals surface area contributed by atoms with Crippen molar-refractivity contribution < 1.29 is 9.50 Å². The zero-order valence-corrected chi connectivity index (χ0v) is 21.3. The summed E-state index contributed by atoms with van der Waals surface area (Å²) in [6.45, 7) is 4.97. The van der Waals surface area contributed by atoms with E-state index in [0.717, 1.165) is 41.8 Å². The van der Waals surface area contributed by atoms with Gasteiger partial charge in [0.25, 0.3) is 0 Å². The number of hydrogen-bond acceptors (Lipinski definition) is 3. The molecule has 190 valence electrons. The van der Waals surface area contributed by atoms with Gasteiger partial charge in [-0.25, -0.2) is 9.07 Å². The van der Waals surface area contributed by atoms with Gasteiger partial charge < -0.3 is 5.11 Å². The van der Waals surface area contributed by atoms with E-state index in [9.17, 15) is 9.50 Å². The third-order valence-electron chi connectivity index (χ3n) is 8.74. The summed E-state index contributed by atoms with van der Waals surface area (Å²) in [6.07, 6.45) is 1.40. The predicted molar refractivity (Wildman–Crippen MR) is 148 cm³/mol. The monoisotopic (exact) mass is 503 g/mol. The molecule has 5 heteroatoms. The summed E-state index contributed by atoms with van der Waals surface area (Å²) in [4.78, 5) is 2.54. The number of halogens is 1. The average Bonchev–Trinajstić information content (AvgIpc) is 3.20. The number of aromatic nitrogens is 2. The van der Waals surface area contributed by atoms with Crippen molar-refractivity contribution in [2.45, 2.75) is 25.0 Å². The molecule has 0 radical (unpaired) electrons. The van der Waals surface area contributed by atoms with Crippen LogP contribution in [0.4, 0.5) is 4.39 Å². The largest absolute Gasteiger partial charge is 0.388 e. The van der Waals surface area contributed by atoms with Crippen LogP contribution >= 0.6 is 0 Å². The highest BCUT2D eigenvalue weighted by Gasteiger charge is 2.71. The van der Waals surface area contributed by atoms with Crippen LogP contribution in [0.15, 0.2) is 103 Å². The van der Waals surface area contributed by atoms with Gasteiger partial charge in [0.2, 0.25) is 0 Å². The maximum Gasteiger partial charge on any atom is 0.123 e. The van der Waals surface area contributed by atoms with Crippen LogP contribution in [0.1, 0.15) is 28.4 Å². The van der Waals surface area contributed by atoms with Crippen LogP contribution in [0.3, 0.4) is 0 Å². The molecule has 2 heterocycles. The lowest BCUT2D eigenvalue weighted by molar-refractivity contribution is 0.119. The number of rotatable bonds is 6. The molecule has 1 aromatic heterocycles. The highest BCUT2D eigenvalue weighted by molar-refractivity contribution is 5.83. The van der Waals surface area contributed by atoms with Crippen molar-refractivity contribution in [2.24, 2.45) is 11.8 Å². The summed E-state index contributed by atoms with van der Waals surface area (Å²) in [6, 6.07) is 31.7. The molecule has 5 aromatic rings. The Morgan fingerprint density at radius 2 is 1.68 bits per heavy atom. The first-order valence-corrected chi connectivity index (χ1v) is 13.3. The summed E-state index contributed by atoms with van der Waals surface area (Å²) in [5.41, 5.74) is 6.55. The Kier molecular flexibility index (Phi) is 5.46. The van der Waals surface area contributed by atoms with Crippen LogP contribution in [-0.2, 0) is 12.0 Å². The van der Waals surface area contributed by atoms with Gasteiger partial charge in [-0.3, -0.25) is 4.90 Å². The van der Waals surface area contributed by atoms with Gasteiger partial charge in [-0.15, -0.1) is 0 Å². The molecule has 0 bridgehead atoms. The Balaban J connectivity index is 1.28. The molecular formula is C33H30FN3O. The molecule has 1 saturated carbocycles. The van der Waals surface area contributed by atoms with Gasteiger partial charge >= 0.3 is 0 Å². The first-order valence-electron chi connectivity index (χ1n) is 13.3. The van der Waals surface area contributed by atoms with Crippen molar-refractivity contribution in [2.75, 3.05) is 13.1 Å². The number of hydrogen-bond donors (Lipinski definition) is 1. The van der Waals surface area contributed by atoms with E-state index in [-0.39, 0.29) is 17.2 Å². The highest BCUT2D eigenvalue weighted by Crippen LogP contribution is 2.69. The van der Waals surface area contributed by atoms with Crippen LogP contribution in [0.5, 0.6) is 0 Å². The Morgan fingerprint density at radius 3 is 2.42 bits per heavy atom. The van der Waals surface area contributed by atoms with Crippen LogP contribution < -0.4 is 0 Å². The van der Waals surface area contributed by atoms with Gasteiger partial charge in [-0.2, -0.15) is 5.10 Å². The van der Waals surface area contributed by atoms with E-state index in [1.807, 2.05) is 41.2 Å². The van der Waals surface area contributed by atoms with Crippen molar-refractivity contribution in [1.29, 1.82) is 0 Å². The first-order chi connectivity index (χ1) is 18.5. The maximum atomic E-state index is 13.5. The topological polar surface area (TPSA) is 41.3 Å². The van der Waals surface area contributed by atoms with E-state index in [1.54, 1.807) is 12.1 Å². The number of piperidine rings is 1. The van der Waals surface area contributed by atoms with Crippen molar-refractivity contribution in [3.05, 3.63) is 131 Å². The lowest BCUT2D eigenvalue weighted by atomic mass is 9.86. The predicted octanol–water partition coefficient (Wildman–Crippen LogP) is 6.21. The molecule has 0 amide bonds. The van der Waals surface area contributed by atoms with Crippen LogP contribution in [0.25, 0.3) is 16.6 Å². The molecule has 7 rings (SSSR count). The lowest BCUT2D eigenvalue weighted by Gasteiger charge is -2.27. The second kappa shape index (κ2) is 8.90. The van der Waals surface area contributed by atoms with E-state index in [2.05, 4.69) is 59.4 Å². The Bertz CT molecular complexity index is 1600. The van der Waals surface area contributed by atoms with E-state index in [1.165, 1.54) is 28.8 Å². The van der Waals surface area contributed by atoms with Crippen LogP contribution in [0, 0.1) is 24.6 Å². The van der Waals surface area contributed by atoms with Gasteiger partial charge in [0, 0.05) is 36.4 Å². The zero-order chi connectivity index (χ0) is 25.9. The molecule has 2 aliphatic rings. The SMILES string of the molecule is Cc1cc2c(cnn2-c2ccc(F)cc2)cc1C12CN(Cc3ccccc3)CC1C2C(O)c1ccccc1. The number of benzene rings is 4. The molecule has 4 unspecified atom stereocenters. The fourth-order valence-electron chi connectivity index (χ4n) is 7.02. The second-order valence-electron chi connectivity index (χ2n) is 10.9. The molecule has 1 saturated heterocycles. The molecule has 1 aliphatic heterocycles. The number of aliphatic hydroxyl groups is 1. The third-order valence-corrected chi connectivity index (χ3v) is 8.74. The van der Waals surface area contributed by atoms with Gasteiger partial charge in [-0.05, 0) is 71.5 Å². The van der Waals surface area contributed by atoms with Gasteiger partial charge in [0.1, 0.15) is 5.82 Å². The fraction of sp³-hybridized carbons (Fsp3) is 0.242. The molecule has 4 nitrogen and oxygen atoms in total. The number of nitrogens with zero attached hydrogens (tertiary/aromatic N) is 3. The maximum absolute atomic E-state index is 13.5. The molecule has 4 aromatic carbocycles. The van der Waals surface area contributed by atoms with Gasteiger partial charge in [0.15, 0.2) is 0 Å². The number of fused-ring (bicyclic) bond motifs is 2. The minimum absolute atomic E-state index is 0.111. The zero-order valence-electron chi connectivity index (χ0n) is 21.3. The molecule has 1 aliphatic carbocycles. The molecule has 1 N–H and O–H groups in total. The molecular weight excluding hydrogens is 473 g/mol. The minimum atomic E-state index is -0.503. The average molecular weight is 504 g/mol. The van der Waals surface area contributed by atoms with Gasteiger partial charge in [-0.1, -0.05) is 60.7 Å². The van der Waals surface area contributed by atoms with E-state index < -0.39 is 6.10 Å². The van der Waals surface area contributed by atoms with Gasteiger partial charge in [0.05, 0.1) is 23.5 Å². The van der Waals surface area contributed by atoms with Crippen molar-refractivity contribution in [1.82, 2.24) is 14.7 Å². The normalized spacial score (nSPS) is 23.4. The van der Waals surface area contributed by atoms with E-state index in [4.69, 9.17) is 0 Å². The van der Waals surface area contributed by atoms with Crippen molar-refractivity contribution in [3.8, 4) is 5.69 Å². The number of aliphatic hydroxyl groups excluding tert-OH is 1. The smallest absolute Gasteiger partial charge is 0.123 e. The molecule has 2 fully saturated rings. The highest BCUT2D eigenvalue weighted by atomic mass is 19.1. The van der Waals surface area contributed by atoms with E-state index >= 15 is 0 Å². The fourth-order valence-corrected chi connectivity index (χ4v) is 7.02. The summed E-state index contributed by atoms with van der Waals surface area (Å²) < 4.78 is 15.4.